The molecule has 3 fully saturated rings. The van der Waals surface area contributed by atoms with Gasteiger partial charge in [0.1, 0.15) is 6.04 Å². The van der Waals surface area contributed by atoms with Crippen LogP contribution in [-0.2, 0) is 38.8 Å². The molecule has 9 rings (SSSR count). The lowest BCUT2D eigenvalue weighted by atomic mass is 10.0. The van der Waals surface area contributed by atoms with Gasteiger partial charge in [-0.05, 0) is 66.8 Å². The number of nitrogens with one attached hydrogen (secondary N) is 3. The SMILES string of the molecule is COC(C(=O)N1Cc2[nH]nc(NC(=O)c3ccc(N4CCC(N5CCN(Cc6ccc7c(c6)C(=O)N(C6CCC(=O)NC6=O)C7=O)CC5)CC4)cc3)c2C1)c1ccccc1. The lowest BCUT2D eigenvalue weighted by Crippen LogP contribution is -2.54. The molecule has 0 bridgehead atoms. The molecule has 0 spiro atoms. The Hall–Kier alpha value is -6.23. The van der Waals surface area contributed by atoms with E-state index >= 15 is 0 Å². The van der Waals surface area contributed by atoms with Crippen LogP contribution in [0.3, 0.4) is 0 Å². The van der Waals surface area contributed by atoms with Gasteiger partial charge in [0.05, 0.1) is 29.9 Å². The summed E-state index contributed by atoms with van der Waals surface area (Å²) in [5, 5.41) is 12.5. The molecule has 3 aromatic carbocycles. The lowest BCUT2D eigenvalue weighted by molar-refractivity contribution is -0.143. The van der Waals surface area contributed by atoms with Crippen LogP contribution in [0.1, 0.15) is 85.2 Å². The highest BCUT2D eigenvalue weighted by Gasteiger charge is 2.45. The summed E-state index contributed by atoms with van der Waals surface area (Å²) < 4.78 is 5.56. The van der Waals surface area contributed by atoms with Gasteiger partial charge in [0.25, 0.3) is 23.6 Å². The van der Waals surface area contributed by atoms with Gasteiger partial charge in [-0.3, -0.25) is 53.9 Å². The van der Waals surface area contributed by atoms with Gasteiger partial charge < -0.3 is 19.9 Å². The number of methoxy groups -OCH3 is 1. The van der Waals surface area contributed by atoms with E-state index in [1.54, 1.807) is 17.0 Å². The molecule has 0 radical (unpaired) electrons. The van der Waals surface area contributed by atoms with Crippen molar-refractivity contribution >= 4 is 46.9 Å². The van der Waals surface area contributed by atoms with Gasteiger partial charge in [0.2, 0.25) is 11.8 Å². The molecule has 5 aliphatic heterocycles. The number of aromatic nitrogens is 2. The standard InChI is InChI=1S/C44H47N9O7/c1-60-38(28-5-3-2-4-6-28)44(59)52-25-34-35(26-52)47-48-39(34)46-40(55)29-8-10-30(11-9-29)50-17-15-31(16-18-50)51-21-19-49(20-22-51)24-27-7-12-32-33(23-27)43(58)53(42(32)57)36-13-14-37(54)45-41(36)56/h2-12,23,31,36,38H,13-22,24-26H2,1H3,(H,45,54,56)(H2,46,47,48,55). The molecule has 310 valence electrons. The fourth-order valence-corrected chi connectivity index (χ4v) is 9.23. The number of amides is 6. The third-order valence-corrected chi connectivity index (χ3v) is 12.5. The summed E-state index contributed by atoms with van der Waals surface area (Å²) in [6.07, 6.45) is 1.58. The van der Waals surface area contributed by atoms with Crippen LogP contribution in [0.15, 0.2) is 72.8 Å². The van der Waals surface area contributed by atoms with Crippen LogP contribution in [0, 0.1) is 0 Å². The monoisotopic (exact) mass is 813 g/mol. The quantitative estimate of drug-likeness (QED) is 0.200. The molecule has 0 aliphatic carbocycles. The van der Waals surface area contributed by atoms with Crippen LogP contribution in [0.25, 0.3) is 0 Å². The maximum absolute atomic E-state index is 13.4. The molecule has 2 atom stereocenters. The number of rotatable bonds is 10. The van der Waals surface area contributed by atoms with Crippen molar-refractivity contribution in [3.63, 3.8) is 0 Å². The Kier molecular flexibility index (Phi) is 10.7. The summed E-state index contributed by atoms with van der Waals surface area (Å²) in [7, 11) is 1.52. The average Bonchev–Trinajstić information content (AvgIpc) is 3.94. The number of hydrogen-bond donors (Lipinski definition) is 3. The molecule has 60 heavy (non-hydrogen) atoms. The zero-order valence-electron chi connectivity index (χ0n) is 33.4. The van der Waals surface area contributed by atoms with E-state index in [2.05, 4.69) is 35.5 Å². The summed E-state index contributed by atoms with van der Waals surface area (Å²) in [6, 6.07) is 21.9. The first-order valence-corrected chi connectivity index (χ1v) is 20.5. The van der Waals surface area contributed by atoms with Crippen molar-refractivity contribution in [3.05, 3.63) is 112 Å². The third-order valence-electron chi connectivity index (χ3n) is 12.5. The number of anilines is 2. The first-order valence-electron chi connectivity index (χ1n) is 20.5. The number of carbonyl (C=O) groups is 6. The molecule has 4 aromatic rings. The number of ether oxygens (including phenoxy) is 1. The van der Waals surface area contributed by atoms with Crippen molar-refractivity contribution in [3.8, 4) is 0 Å². The van der Waals surface area contributed by atoms with E-state index in [1.807, 2.05) is 60.7 Å². The molecule has 5 aliphatic rings. The number of nitrogens with zero attached hydrogens (tertiary/aromatic N) is 6. The lowest BCUT2D eigenvalue weighted by Gasteiger charge is -2.43. The smallest absolute Gasteiger partial charge is 0.262 e. The molecule has 16 heteroatoms. The van der Waals surface area contributed by atoms with E-state index in [0.29, 0.717) is 48.2 Å². The highest BCUT2D eigenvalue weighted by atomic mass is 16.5. The number of hydrogen-bond acceptors (Lipinski definition) is 11. The van der Waals surface area contributed by atoms with Gasteiger partial charge in [-0.1, -0.05) is 36.4 Å². The predicted octanol–water partition coefficient (Wildman–Crippen LogP) is 3.08. The van der Waals surface area contributed by atoms with Crippen molar-refractivity contribution in [1.29, 1.82) is 0 Å². The van der Waals surface area contributed by atoms with E-state index in [4.69, 9.17) is 4.74 Å². The van der Waals surface area contributed by atoms with Crippen molar-refractivity contribution < 1.29 is 33.5 Å². The largest absolute Gasteiger partial charge is 0.371 e. The number of piperidine rings is 2. The zero-order valence-corrected chi connectivity index (χ0v) is 33.4. The van der Waals surface area contributed by atoms with Crippen LogP contribution in [0.2, 0.25) is 0 Å². The Morgan fingerprint density at radius 2 is 1.58 bits per heavy atom. The number of aromatic amines is 1. The highest BCUT2D eigenvalue weighted by molar-refractivity contribution is 6.23. The summed E-state index contributed by atoms with van der Waals surface area (Å²) in [5.74, 6) is -1.98. The molecule has 6 amide bonds. The van der Waals surface area contributed by atoms with Crippen LogP contribution in [0.5, 0.6) is 0 Å². The van der Waals surface area contributed by atoms with E-state index in [9.17, 15) is 28.8 Å². The predicted molar refractivity (Wildman–Crippen MR) is 219 cm³/mol. The van der Waals surface area contributed by atoms with E-state index in [-0.39, 0.29) is 24.7 Å². The van der Waals surface area contributed by atoms with Gasteiger partial charge in [0.15, 0.2) is 11.9 Å². The Labute approximate surface area is 346 Å². The fraction of sp³-hybridized carbons (Fsp3) is 0.386. The average molecular weight is 814 g/mol. The Morgan fingerprint density at radius 1 is 0.850 bits per heavy atom. The molecular formula is C44H47N9O7. The first-order chi connectivity index (χ1) is 29.1. The minimum absolute atomic E-state index is 0.0890. The van der Waals surface area contributed by atoms with E-state index < -0.39 is 35.8 Å². The molecule has 6 heterocycles. The molecule has 2 unspecified atom stereocenters. The van der Waals surface area contributed by atoms with Gasteiger partial charge >= 0.3 is 0 Å². The molecule has 3 N–H and O–H groups in total. The molecular weight excluding hydrogens is 767 g/mol. The second-order valence-electron chi connectivity index (χ2n) is 16.1. The number of carbonyl (C=O) groups excluding carboxylic acids is 6. The van der Waals surface area contributed by atoms with Crippen LogP contribution in [-0.4, -0.2) is 124 Å². The summed E-state index contributed by atoms with van der Waals surface area (Å²) in [4.78, 5) is 87.1. The minimum atomic E-state index is -0.974. The Morgan fingerprint density at radius 3 is 2.30 bits per heavy atom. The molecule has 1 aromatic heterocycles. The van der Waals surface area contributed by atoms with Crippen molar-refractivity contribution in [1.82, 2.24) is 35.1 Å². The Bertz CT molecular complexity index is 2330. The first kappa shape index (κ1) is 39.2. The van der Waals surface area contributed by atoms with Gasteiger partial charge in [-0.15, -0.1) is 0 Å². The third kappa shape index (κ3) is 7.57. The summed E-state index contributed by atoms with van der Waals surface area (Å²) in [5.41, 5.74) is 5.50. The van der Waals surface area contributed by atoms with Crippen LogP contribution >= 0.6 is 0 Å². The maximum atomic E-state index is 13.4. The molecule has 0 saturated carbocycles. The summed E-state index contributed by atoms with van der Waals surface area (Å²) >= 11 is 0. The highest BCUT2D eigenvalue weighted by Crippen LogP contribution is 2.32. The van der Waals surface area contributed by atoms with Gasteiger partial charge in [-0.25, -0.2) is 0 Å². The van der Waals surface area contributed by atoms with Crippen LogP contribution in [0.4, 0.5) is 11.5 Å². The number of piperazine rings is 1. The Balaban J connectivity index is 0.729. The number of H-pyrrole nitrogens is 1. The van der Waals surface area contributed by atoms with E-state index in [1.165, 1.54) is 7.11 Å². The second kappa shape index (κ2) is 16.4. The maximum Gasteiger partial charge on any atom is 0.262 e. The normalized spacial score (nSPS) is 20.6. The second-order valence-corrected chi connectivity index (χ2v) is 16.1. The fourth-order valence-electron chi connectivity index (χ4n) is 9.23. The number of imide groups is 2. The molecule has 16 nitrogen and oxygen atoms in total. The number of fused-ring (bicyclic) bond motifs is 2. The van der Waals surface area contributed by atoms with E-state index in [0.717, 1.165) is 85.1 Å². The zero-order chi connectivity index (χ0) is 41.5. The topological polar surface area (TPSA) is 181 Å². The number of benzene rings is 3. The minimum Gasteiger partial charge on any atom is -0.371 e. The van der Waals surface area contributed by atoms with Crippen molar-refractivity contribution in [2.75, 3.05) is 56.6 Å². The van der Waals surface area contributed by atoms with Gasteiger partial charge in [-0.2, -0.15) is 5.10 Å². The summed E-state index contributed by atoms with van der Waals surface area (Å²) in [6.45, 7) is 6.80. The van der Waals surface area contributed by atoms with Gasteiger partial charge in [0, 0.05) is 82.2 Å². The van der Waals surface area contributed by atoms with Crippen molar-refractivity contribution in [2.24, 2.45) is 0 Å². The molecule has 3 saturated heterocycles. The van der Waals surface area contributed by atoms with Crippen LogP contribution < -0.4 is 15.5 Å². The van der Waals surface area contributed by atoms with Crippen molar-refractivity contribution in [2.45, 2.75) is 63.5 Å².